The third kappa shape index (κ3) is 5.39. The largest absolute Gasteiger partial charge is 0.464 e. The zero-order chi connectivity index (χ0) is 22.7. The monoisotopic (exact) mass is 439 g/mol. The average Bonchev–Trinajstić information content (AvgIpc) is 3.10. The lowest BCUT2D eigenvalue weighted by Crippen LogP contribution is -2.42. The lowest BCUT2D eigenvalue weighted by atomic mass is 9.98. The van der Waals surface area contributed by atoms with E-state index < -0.39 is 5.60 Å². The lowest BCUT2D eigenvalue weighted by molar-refractivity contribution is 0.0162. The predicted molar refractivity (Wildman–Crippen MR) is 121 cm³/mol. The molecule has 3 aromatic rings. The van der Waals surface area contributed by atoms with E-state index in [2.05, 4.69) is 4.98 Å². The van der Waals surface area contributed by atoms with Crippen LogP contribution >= 0.6 is 0 Å². The summed E-state index contributed by atoms with van der Waals surface area (Å²) in [6.45, 7) is 8.04. The highest BCUT2D eigenvalue weighted by atomic mass is 19.1. The molecule has 0 unspecified atom stereocenters. The smallest absolute Gasteiger partial charge is 0.410 e. The number of nitrogens with zero attached hydrogens (tertiary/aromatic N) is 3. The number of rotatable bonds is 5. The number of fused-ring (bicyclic) bond motifs is 1. The molecule has 170 valence electrons. The van der Waals surface area contributed by atoms with Crippen LogP contribution in [0, 0.1) is 11.7 Å². The van der Waals surface area contributed by atoms with E-state index in [1.54, 1.807) is 17.0 Å². The Bertz CT molecular complexity index is 1060. The Labute approximate surface area is 187 Å². The van der Waals surface area contributed by atoms with Crippen LogP contribution in [-0.2, 0) is 11.3 Å². The molecule has 2 aromatic carbocycles. The Balaban J connectivity index is 1.40. The molecule has 4 rings (SSSR count). The molecule has 32 heavy (non-hydrogen) atoms. The van der Waals surface area contributed by atoms with Crippen molar-refractivity contribution in [3.05, 3.63) is 59.9 Å². The van der Waals surface area contributed by atoms with Crippen molar-refractivity contribution in [1.29, 1.82) is 0 Å². The van der Waals surface area contributed by atoms with E-state index in [-0.39, 0.29) is 11.9 Å². The molecule has 1 saturated heterocycles. The summed E-state index contributed by atoms with van der Waals surface area (Å²) < 4.78 is 27.0. The number of halogens is 1. The molecule has 6 nitrogen and oxygen atoms in total. The van der Waals surface area contributed by atoms with Crippen LogP contribution in [0.25, 0.3) is 11.0 Å². The maximum absolute atomic E-state index is 13.3. The molecule has 0 radical (unpaired) electrons. The van der Waals surface area contributed by atoms with Crippen LogP contribution in [0.3, 0.4) is 0 Å². The highest BCUT2D eigenvalue weighted by Crippen LogP contribution is 2.25. The van der Waals surface area contributed by atoms with Gasteiger partial charge in [0.25, 0.3) is 6.01 Å². The first kappa shape index (κ1) is 22.1. The number of aromatic nitrogens is 2. The molecular formula is C25H30FN3O3. The van der Waals surface area contributed by atoms with Crippen molar-refractivity contribution in [3.63, 3.8) is 0 Å². The fraction of sp³-hybridized carbons (Fsp3) is 0.440. The zero-order valence-corrected chi connectivity index (χ0v) is 18.9. The number of ether oxygens (including phenoxy) is 2. The zero-order valence-electron chi connectivity index (χ0n) is 18.9. The van der Waals surface area contributed by atoms with Gasteiger partial charge in [0.15, 0.2) is 0 Å². The topological polar surface area (TPSA) is 56.6 Å². The standard InChI is InChI=1S/C25H30FN3O3/c1-25(2,3)32-24(30)28-14-12-19(13-15-28)17-31-23-27-21-6-4-5-7-22(21)29(23)16-18-8-10-20(26)11-9-18/h4-11,19H,12-17H2,1-3H3. The second-order valence-corrected chi connectivity index (χ2v) is 9.32. The Hall–Kier alpha value is -3.09. The SMILES string of the molecule is CC(C)(C)OC(=O)N1CCC(COc2nc3ccccc3n2Cc2ccc(F)cc2)CC1. The Morgan fingerprint density at radius 2 is 1.78 bits per heavy atom. The normalized spacial score (nSPS) is 15.2. The highest BCUT2D eigenvalue weighted by molar-refractivity contribution is 5.76. The fourth-order valence-corrected chi connectivity index (χ4v) is 3.89. The van der Waals surface area contributed by atoms with E-state index in [9.17, 15) is 9.18 Å². The molecule has 1 fully saturated rings. The summed E-state index contributed by atoms with van der Waals surface area (Å²) in [5.74, 6) is 0.0891. The number of amides is 1. The van der Waals surface area contributed by atoms with E-state index in [0.29, 0.717) is 38.2 Å². The number of hydrogen-bond donors (Lipinski definition) is 0. The third-order valence-corrected chi connectivity index (χ3v) is 5.59. The van der Waals surface area contributed by atoms with Gasteiger partial charge in [-0.05, 0) is 69.4 Å². The van der Waals surface area contributed by atoms with Gasteiger partial charge in [-0.3, -0.25) is 4.57 Å². The summed E-state index contributed by atoms with van der Waals surface area (Å²) in [5.41, 5.74) is 2.33. The number of benzene rings is 2. The van der Waals surface area contributed by atoms with Crippen LogP contribution in [0.15, 0.2) is 48.5 Å². The Morgan fingerprint density at radius 3 is 2.47 bits per heavy atom. The second-order valence-electron chi connectivity index (χ2n) is 9.32. The van der Waals surface area contributed by atoms with Crippen LogP contribution < -0.4 is 4.74 Å². The van der Waals surface area contributed by atoms with Crippen molar-refractivity contribution in [1.82, 2.24) is 14.5 Å². The van der Waals surface area contributed by atoms with Crippen LogP contribution in [0.4, 0.5) is 9.18 Å². The van der Waals surface area contributed by atoms with Gasteiger partial charge in [0.1, 0.15) is 11.4 Å². The minimum absolute atomic E-state index is 0.251. The number of likely N-dealkylation sites (tertiary alicyclic amines) is 1. The van der Waals surface area contributed by atoms with Crippen molar-refractivity contribution in [3.8, 4) is 6.01 Å². The van der Waals surface area contributed by atoms with Crippen LogP contribution in [0.2, 0.25) is 0 Å². The summed E-state index contributed by atoms with van der Waals surface area (Å²) >= 11 is 0. The summed E-state index contributed by atoms with van der Waals surface area (Å²) in [7, 11) is 0. The molecule has 1 aliphatic rings. The number of hydrogen-bond acceptors (Lipinski definition) is 4. The van der Waals surface area contributed by atoms with Crippen molar-refractivity contribution in [2.45, 2.75) is 45.8 Å². The lowest BCUT2D eigenvalue weighted by Gasteiger charge is -2.33. The van der Waals surface area contributed by atoms with Gasteiger partial charge in [0, 0.05) is 13.1 Å². The summed E-state index contributed by atoms with van der Waals surface area (Å²) in [6, 6.07) is 14.9. The molecule has 1 amide bonds. The van der Waals surface area contributed by atoms with Gasteiger partial charge in [-0.1, -0.05) is 24.3 Å². The van der Waals surface area contributed by atoms with Gasteiger partial charge in [0.05, 0.1) is 24.2 Å². The molecule has 1 aromatic heterocycles. The van der Waals surface area contributed by atoms with Gasteiger partial charge in [-0.25, -0.2) is 9.18 Å². The van der Waals surface area contributed by atoms with Crippen LogP contribution in [-0.4, -0.2) is 45.8 Å². The summed E-state index contributed by atoms with van der Waals surface area (Å²) in [5, 5.41) is 0. The van der Waals surface area contributed by atoms with Gasteiger partial charge >= 0.3 is 6.09 Å². The van der Waals surface area contributed by atoms with Gasteiger partial charge in [-0.15, -0.1) is 0 Å². The average molecular weight is 440 g/mol. The molecule has 1 aliphatic heterocycles. The van der Waals surface area contributed by atoms with Gasteiger partial charge < -0.3 is 14.4 Å². The molecule has 0 N–H and O–H groups in total. The number of carbonyl (C=O) groups excluding carboxylic acids is 1. The molecular weight excluding hydrogens is 409 g/mol. The minimum Gasteiger partial charge on any atom is -0.464 e. The first-order valence-corrected chi connectivity index (χ1v) is 11.1. The van der Waals surface area contributed by atoms with Gasteiger partial charge in [-0.2, -0.15) is 4.98 Å². The van der Waals surface area contributed by atoms with E-state index >= 15 is 0 Å². The maximum atomic E-state index is 13.3. The number of imidazole rings is 1. The predicted octanol–water partition coefficient (Wildman–Crippen LogP) is 5.25. The highest BCUT2D eigenvalue weighted by Gasteiger charge is 2.27. The van der Waals surface area contributed by atoms with E-state index in [0.717, 1.165) is 29.4 Å². The third-order valence-electron chi connectivity index (χ3n) is 5.59. The molecule has 0 bridgehead atoms. The summed E-state index contributed by atoms with van der Waals surface area (Å²) in [6.07, 6.45) is 1.47. The van der Waals surface area contributed by atoms with E-state index in [4.69, 9.17) is 9.47 Å². The first-order chi connectivity index (χ1) is 15.3. The number of para-hydroxylation sites is 2. The fourth-order valence-electron chi connectivity index (χ4n) is 3.89. The molecule has 2 heterocycles. The van der Waals surface area contributed by atoms with Gasteiger partial charge in [0.2, 0.25) is 0 Å². The quantitative estimate of drug-likeness (QED) is 0.545. The number of piperidine rings is 1. The van der Waals surface area contributed by atoms with Crippen molar-refractivity contribution >= 4 is 17.1 Å². The Kier molecular flexibility index (Phi) is 6.35. The van der Waals surface area contributed by atoms with Crippen LogP contribution in [0.5, 0.6) is 6.01 Å². The first-order valence-electron chi connectivity index (χ1n) is 11.1. The second kappa shape index (κ2) is 9.18. The Morgan fingerprint density at radius 1 is 1.09 bits per heavy atom. The molecule has 0 saturated carbocycles. The van der Waals surface area contributed by atoms with Crippen molar-refractivity contribution in [2.75, 3.05) is 19.7 Å². The van der Waals surface area contributed by atoms with Crippen molar-refractivity contribution in [2.24, 2.45) is 5.92 Å². The molecule has 0 spiro atoms. The van der Waals surface area contributed by atoms with E-state index in [1.807, 2.05) is 49.6 Å². The number of carbonyl (C=O) groups is 1. The minimum atomic E-state index is -0.485. The van der Waals surface area contributed by atoms with Crippen LogP contribution in [0.1, 0.15) is 39.2 Å². The van der Waals surface area contributed by atoms with E-state index in [1.165, 1.54) is 12.1 Å². The molecule has 0 atom stereocenters. The van der Waals surface area contributed by atoms with Crippen molar-refractivity contribution < 1.29 is 18.7 Å². The summed E-state index contributed by atoms with van der Waals surface area (Å²) in [4.78, 5) is 18.7. The molecule has 0 aliphatic carbocycles. The maximum Gasteiger partial charge on any atom is 0.410 e. The molecule has 7 heteroatoms.